The molecule has 6 heteroatoms. The van der Waals surface area contributed by atoms with E-state index in [1.807, 2.05) is 58.0 Å². The third-order valence-corrected chi connectivity index (χ3v) is 4.70. The van der Waals surface area contributed by atoms with E-state index in [-0.39, 0.29) is 24.4 Å². The van der Waals surface area contributed by atoms with Gasteiger partial charge in [0.1, 0.15) is 24.4 Å². The van der Waals surface area contributed by atoms with Crippen molar-refractivity contribution in [2.45, 2.75) is 76.6 Å². The topological polar surface area (TPSA) is 55.4 Å². The summed E-state index contributed by atoms with van der Waals surface area (Å²) in [7, 11) is 0. The van der Waals surface area contributed by atoms with Crippen LogP contribution in [0.3, 0.4) is 0 Å². The average Bonchev–Trinajstić information content (AvgIpc) is 3.17. The predicted molar refractivity (Wildman–Crippen MR) is 88.6 cm³/mol. The average molecular weight is 350 g/mol. The summed E-state index contributed by atoms with van der Waals surface area (Å²) >= 11 is 0. The van der Waals surface area contributed by atoms with Crippen LogP contribution in [0.2, 0.25) is 0 Å². The van der Waals surface area contributed by atoms with Gasteiger partial charge in [0.15, 0.2) is 17.9 Å². The fraction of sp³-hybridized carbons (Fsp3) is 0.684. The van der Waals surface area contributed by atoms with Crippen LogP contribution >= 0.6 is 0 Å². The molecular weight excluding hydrogens is 324 g/mol. The van der Waals surface area contributed by atoms with Gasteiger partial charge in [0, 0.05) is 0 Å². The molecule has 1 unspecified atom stereocenters. The molecule has 0 spiro atoms. The Bertz CT molecular complexity index is 601. The van der Waals surface area contributed by atoms with Crippen molar-refractivity contribution in [2.24, 2.45) is 0 Å². The van der Waals surface area contributed by atoms with E-state index in [9.17, 15) is 0 Å². The quantitative estimate of drug-likeness (QED) is 0.832. The van der Waals surface area contributed by atoms with Crippen LogP contribution in [0.15, 0.2) is 30.3 Å². The van der Waals surface area contributed by atoms with Crippen LogP contribution in [0.1, 0.15) is 33.3 Å². The molecule has 3 fully saturated rings. The summed E-state index contributed by atoms with van der Waals surface area (Å²) in [6.45, 7) is 8.55. The maximum atomic E-state index is 6.14. The maximum Gasteiger partial charge on any atom is 0.187 e. The van der Waals surface area contributed by atoms with Gasteiger partial charge in [0.25, 0.3) is 0 Å². The van der Waals surface area contributed by atoms with E-state index in [0.717, 1.165) is 5.56 Å². The van der Waals surface area contributed by atoms with Crippen molar-refractivity contribution >= 4 is 0 Å². The standard InChI is InChI=1S/C19H26O6/c1-18(2)21-11-13(23-18)14-15-16(25-19(3,4)24-15)17(22-14)20-10-12-8-6-5-7-9-12/h5-9,13-17H,10-11H2,1-4H3/t13-,14+,15-,16-,17?/m0/s1. The molecule has 0 amide bonds. The Kier molecular flexibility index (Phi) is 4.38. The highest BCUT2D eigenvalue weighted by Crippen LogP contribution is 2.42. The second kappa shape index (κ2) is 6.30. The molecule has 3 aliphatic rings. The first kappa shape index (κ1) is 17.4. The Labute approximate surface area is 148 Å². The molecule has 0 N–H and O–H groups in total. The number of hydrogen-bond acceptors (Lipinski definition) is 6. The van der Waals surface area contributed by atoms with Crippen LogP contribution < -0.4 is 0 Å². The Morgan fingerprint density at radius 2 is 1.64 bits per heavy atom. The zero-order chi connectivity index (χ0) is 17.7. The fourth-order valence-electron chi connectivity index (χ4n) is 3.65. The molecule has 4 rings (SSSR count). The van der Waals surface area contributed by atoms with Gasteiger partial charge in [-0.2, -0.15) is 0 Å². The summed E-state index contributed by atoms with van der Waals surface area (Å²) in [5, 5.41) is 0. The number of fused-ring (bicyclic) bond motifs is 1. The van der Waals surface area contributed by atoms with Gasteiger partial charge in [-0.3, -0.25) is 0 Å². The SMILES string of the molecule is CC1(C)OC[C@@H]([C@H]2OC(OCc3ccccc3)[C@H]3OC(C)(C)O[C@@H]23)O1. The molecular formula is C19H26O6. The summed E-state index contributed by atoms with van der Waals surface area (Å²) in [5.41, 5.74) is 1.09. The summed E-state index contributed by atoms with van der Waals surface area (Å²) in [4.78, 5) is 0. The molecule has 0 aromatic heterocycles. The van der Waals surface area contributed by atoms with Gasteiger partial charge in [-0.15, -0.1) is 0 Å². The molecule has 1 aromatic carbocycles. The molecule has 1 aromatic rings. The van der Waals surface area contributed by atoms with Gasteiger partial charge in [-0.1, -0.05) is 30.3 Å². The van der Waals surface area contributed by atoms with Crippen LogP contribution in [0.25, 0.3) is 0 Å². The van der Waals surface area contributed by atoms with E-state index in [1.165, 1.54) is 0 Å². The lowest BCUT2D eigenvalue weighted by Crippen LogP contribution is -2.40. The highest BCUT2D eigenvalue weighted by Gasteiger charge is 2.59. The van der Waals surface area contributed by atoms with E-state index in [2.05, 4.69) is 0 Å². The van der Waals surface area contributed by atoms with Gasteiger partial charge < -0.3 is 28.4 Å². The summed E-state index contributed by atoms with van der Waals surface area (Å²) in [5.74, 6) is -1.28. The van der Waals surface area contributed by atoms with Crippen LogP contribution in [-0.2, 0) is 35.0 Å². The smallest absolute Gasteiger partial charge is 0.187 e. The summed E-state index contributed by atoms with van der Waals surface area (Å²) < 4.78 is 36.0. The first-order valence-corrected chi connectivity index (χ1v) is 8.81. The van der Waals surface area contributed by atoms with Gasteiger partial charge in [-0.05, 0) is 33.3 Å². The van der Waals surface area contributed by atoms with Crippen molar-refractivity contribution in [3.05, 3.63) is 35.9 Å². The van der Waals surface area contributed by atoms with E-state index in [1.54, 1.807) is 0 Å². The Morgan fingerprint density at radius 3 is 2.32 bits per heavy atom. The van der Waals surface area contributed by atoms with Crippen molar-refractivity contribution in [1.29, 1.82) is 0 Å². The highest BCUT2D eigenvalue weighted by molar-refractivity contribution is 5.13. The van der Waals surface area contributed by atoms with Crippen molar-refractivity contribution in [3.63, 3.8) is 0 Å². The summed E-state index contributed by atoms with van der Waals surface area (Å²) in [6, 6.07) is 10.0. The number of rotatable bonds is 4. The lowest BCUT2D eigenvalue weighted by atomic mass is 10.1. The summed E-state index contributed by atoms with van der Waals surface area (Å²) in [6.07, 6.45) is -1.50. The number of ether oxygens (including phenoxy) is 6. The molecule has 6 nitrogen and oxygen atoms in total. The molecule has 25 heavy (non-hydrogen) atoms. The maximum absolute atomic E-state index is 6.14. The minimum absolute atomic E-state index is 0.203. The molecule has 3 heterocycles. The molecule has 0 bridgehead atoms. The van der Waals surface area contributed by atoms with Gasteiger partial charge >= 0.3 is 0 Å². The van der Waals surface area contributed by atoms with E-state index >= 15 is 0 Å². The minimum atomic E-state index is -0.666. The first-order chi connectivity index (χ1) is 11.8. The second-order valence-electron chi connectivity index (χ2n) is 7.70. The van der Waals surface area contributed by atoms with Crippen molar-refractivity contribution in [3.8, 4) is 0 Å². The van der Waals surface area contributed by atoms with E-state index < -0.39 is 17.9 Å². The molecule has 0 saturated carbocycles. The zero-order valence-electron chi connectivity index (χ0n) is 15.1. The van der Waals surface area contributed by atoms with Crippen molar-refractivity contribution < 1.29 is 28.4 Å². The number of benzene rings is 1. The molecule has 0 aliphatic carbocycles. The monoisotopic (exact) mass is 350 g/mol. The fourth-order valence-corrected chi connectivity index (χ4v) is 3.65. The molecule has 5 atom stereocenters. The third-order valence-electron chi connectivity index (χ3n) is 4.70. The Morgan fingerprint density at radius 1 is 0.920 bits per heavy atom. The van der Waals surface area contributed by atoms with Crippen LogP contribution in [0.5, 0.6) is 0 Å². The first-order valence-electron chi connectivity index (χ1n) is 8.81. The van der Waals surface area contributed by atoms with Crippen molar-refractivity contribution in [1.82, 2.24) is 0 Å². The largest absolute Gasteiger partial charge is 0.348 e. The van der Waals surface area contributed by atoms with Crippen molar-refractivity contribution in [2.75, 3.05) is 6.61 Å². The predicted octanol–water partition coefficient (Wildman–Crippen LogP) is 2.60. The highest BCUT2D eigenvalue weighted by atomic mass is 16.8. The van der Waals surface area contributed by atoms with Crippen LogP contribution in [-0.4, -0.2) is 48.9 Å². The Balaban J connectivity index is 1.47. The normalized spacial score (nSPS) is 38.8. The molecule has 3 aliphatic heterocycles. The lowest BCUT2D eigenvalue weighted by Gasteiger charge is -2.27. The van der Waals surface area contributed by atoms with Crippen LogP contribution in [0.4, 0.5) is 0 Å². The lowest BCUT2D eigenvalue weighted by molar-refractivity contribution is -0.250. The Hall–Kier alpha value is -1.02. The molecule has 0 radical (unpaired) electrons. The van der Waals surface area contributed by atoms with Gasteiger partial charge in [0.05, 0.1) is 13.2 Å². The third kappa shape index (κ3) is 3.60. The minimum Gasteiger partial charge on any atom is -0.348 e. The second-order valence-corrected chi connectivity index (χ2v) is 7.70. The van der Waals surface area contributed by atoms with E-state index in [0.29, 0.717) is 13.2 Å². The van der Waals surface area contributed by atoms with Crippen LogP contribution in [0, 0.1) is 0 Å². The van der Waals surface area contributed by atoms with E-state index in [4.69, 9.17) is 28.4 Å². The molecule has 138 valence electrons. The van der Waals surface area contributed by atoms with Gasteiger partial charge in [0.2, 0.25) is 0 Å². The zero-order valence-corrected chi connectivity index (χ0v) is 15.1. The van der Waals surface area contributed by atoms with Gasteiger partial charge in [-0.25, -0.2) is 0 Å². The molecule has 3 saturated heterocycles. The number of hydrogen-bond donors (Lipinski definition) is 0.